The van der Waals surface area contributed by atoms with Gasteiger partial charge in [0, 0.05) is 12.2 Å². The Hall–Kier alpha value is -1.36. The Kier molecular flexibility index (Phi) is 3.02. The average Bonchev–Trinajstić information content (AvgIpc) is 2.41. The molecular weight excluding hydrogens is 170 g/mol. The number of aliphatic hydroxyl groups is 1. The van der Waals surface area contributed by atoms with E-state index in [0.29, 0.717) is 0 Å². The number of aryl methyl sites for hydroxylation is 2. The number of aromatic nitrogens is 2. The van der Waals surface area contributed by atoms with Gasteiger partial charge in [0.2, 0.25) is 0 Å². The Bertz CT molecular complexity index is 306. The summed E-state index contributed by atoms with van der Waals surface area (Å²) >= 11 is 0. The van der Waals surface area contributed by atoms with E-state index in [0.717, 1.165) is 11.4 Å². The lowest BCUT2D eigenvalue weighted by atomic mass is 10.4. The fourth-order valence-corrected chi connectivity index (χ4v) is 1.07. The molecule has 0 aliphatic rings. The molecule has 0 fully saturated rings. The van der Waals surface area contributed by atoms with E-state index >= 15 is 0 Å². The van der Waals surface area contributed by atoms with Crippen molar-refractivity contribution in [3.05, 3.63) is 17.5 Å². The Morgan fingerprint density at radius 1 is 1.69 bits per heavy atom. The molecule has 0 saturated carbocycles. The molecular formula is C8H13N3O2. The van der Waals surface area contributed by atoms with Crippen LogP contribution in [0, 0.1) is 13.8 Å². The second kappa shape index (κ2) is 4.04. The summed E-state index contributed by atoms with van der Waals surface area (Å²) in [6, 6.07) is 1.51. The number of hydrogen-bond acceptors (Lipinski definition) is 3. The van der Waals surface area contributed by atoms with E-state index in [-0.39, 0.29) is 19.2 Å². The minimum absolute atomic E-state index is 0.0644. The van der Waals surface area contributed by atoms with Crippen molar-refractivity contribution >= 4 is 6.03 Å². The summed E-state index contributed by atoms with van der Waals surface area (Å²) in [6.07, 6.45) is 0. The molecule has 0 saturated heterocycles. The summed E-state index contributed by atoms with van der Waals surface area (Å²) in [7, 11) is 0. The number of hydrogen-bond donors (Lipinski definition) is 2. The first-order chi connectivity index (χ1) is 6.15. The number of amides is 1. The van der Waals surface area contributed by atoms with Gasteiger partial charge in [-0.2, -0.15) is 9.78 Å². The van der Waals surface area contributed by atoms with Gasteiger partial charge in [0.1, 0.15) is 0 Å². The number of rotatable bonds is 2. The number of nitrogens with one attached hydrogen (secondary N) is 1. The zero-order chi connectivity index (χ0) is 9.84. The quantitative estimate of drug-likeness (QED) is 0.680. The molecule has 0 aliphatic carbocycles. The molecule has 0 unspecified atom stereocenters. The van der Waals surface area contributed by atoms with Crippen LogP contribution < -0.4 is 5.32 Å². The minimum Gasteiger partial charge on any atom is -0.395 e. The SMILES string of the molecule is Cc1cc(C)n(C(=O)NCCO)n1. The van der Waals surface area contributed by atoms with Gasteiger partial charge in [0.15, 0.2) is 0 Å². The van der Waals surface area contributed by atoms with Gasteiger partial charge in [-0.1, -0.05) is 0 Å². The van der Waals surface area contributed by atoms with E-state index in [4.69, 9.17) is 5.11 Å². The number of nitrogens with zero attached hydrogens (tertiary/aromatic N) is 2. The molecule has 1 rings (SSSR count). The zero-order valence-corrected chi connectivity index (χ0v) is 7.74. The van der Waals surface area contributed by atoms with E-state index < -0.39 is 0 Å². The summed E-state index contributed by atoms with van der Waals surface area (Å²) in [5.74, 6) is 0. The van der Waals surface area contributed by atoms with Gasteiger partial charge in [-0.25, -0.2) is 4.79 Å². The number of carbonyl (C=O) groups excluding carboxylic acids is 1. The molecule has 0 spiro atoms. The van der Waals surface area contributed by atoms with Gasteiger partial charge in [0.05, 0.1) is 12.3 Å². The van der Waals surface area contributed by atoms with E-state index in [1.165, 1.54) is 4.68 Å². The van der Waals surface area contributed by atoms with Gasteiger partial charge in [-0.3, -0.25) is 0 Å². The summed E-state index contributed by atoms with van der Waals surface area (Å²) in [5, 5.41) is 15.0. The Morgan fingerprint density at radius 3 is 2.85 bits per heavy atom. The zero-order valence-electron chi connectivity index (χ0n) is 7.74. The molecule has 1 aromatic heterocycles. The predicted octanol–water partition coefficient (Wildman–Crippen LogP) is 0.0499. The van der Waals surface area contributed by atoms with Crippen molar-refractivity contribution in [2.45, 2.75) is 13.8 Å². The van der Waals surface area contributed by atoms with Crippen molar-refractivity contribution < 1.29 is 9.90 Å². The van der Waals surface area contributed by atoms with E-state index in [2.05, 4.69) is 10.4 Å². The summed E-state index contributed by atoms with van der Waals surface area (Å²) < 4.78 is 1.28. The third-order valence-electron chi connectivity index (χ3n) is 1.59. The molecule has 72 valence electrons. The minimum atomic E-state index is -0.306. The van der Waals surface area contributed by atoms with Gasteiger partial charge >= 0.3 is 6.03 Å². The molecule has 5 nitrogen and oxygen atoms in total. The normalized spacial score (nSPS) is 10.1. The maximum Gasteiger partial charge on any atom is 0.342 e. The van der Waals surface area contributed by atoms with Crippen molar-refractivity contribution in [3.63, 3.8) is 0 Å². The standard InChI is InChI=1S/C8H13N3O2/c1-6-5-7(2)11(10-6)8(13)9-3-4-12/h5,12H,3-4H2,1-2H3,(H,9,13). The average molecular weight is 183 g/mol. The largest absolute Gasteiger partial charge is 0.395 e. The first-order valence-electron chi connectivity index (χ1n) is 4.07. The lowest BCUT2D eigenvalue weighted by Crippen LogP contribution is -2.32. The van der Waals surface area contributed by atoms with Crippen LogP contribution in [0.5, 0.6) is 0 Å². The molecule has 1 amide bonds. The third kappa shape index (κ3) is 2.29. The summed E-state index contributed by atoms with van der Waals surface area (Å²) in [6.45, 7) is 3.81. The van der Waals surface area contributed by atoms with Gasteiger partial charge in [0.25, 0.3) is 0 Å². The van der Waals surface area contributed by atoms with Crippen LogP contribution in [-0.4, -0.2) is 34.1 Å². The van der Waals surface area contributed by atoms with Crippen LogP contribution in [0.15, 0.2) is 6.07 Å². The molecule has 13 heavy (non-hydrogen) atoms. The maximum atomic E-state index is 11.3. The maximum absolute atomic E-state index is 11.3. The highest BCUT2D eigenvalue weighted by molar-refractivity contribution is 5.76. The van der Waals surface area contributed by atoms with Crippen molar-refractivity contribution in [2.24, 2.45) is 0 Å². The number of aliphatic hydroxyl groups excluding tert-OH is 1. The molecule has 1 heterocycles. The first-order valence-corrected chi connectivity index (χ1v) is 4.07. The van der Waals surface area contributed by atoms with Crippen molar-refractivity contribution in [1.82, 2.24) is 15.1 Å². The molecule has 0 radical (unpaired) electrons. The topological polar surface area (TPSA) is 67.2 Å². The van der Waals surface area contributed by atoms with Crippen LogP contribution in [-0.2, 0) is 0 Å². The summed E-state index contributed by atoms with van der Waals surface area (Å²) in [4.78, 5) is 11.3. The lowest BCUT2D eigenvalue weighted by Gasteiger charge is -2.03. The molecule has 0 aromatic carbocycles. The van der Waals surface area contributed by atoms with E-state index in [1.807, 2.05) is 13.0 Å². The molecule has 2 N–H and O–H groups in total. The van der Waals surface area contributed by atoms with Crippen LogP contribution in [0.4, 0.5) is 4.79 Å². The number of carbonyl (C=O) groups is 1. The highest BCUT2D eigenvalue weighted by Gasteiger charge is 2.07. The monoisotopic (exact) mass is 183 g/mol. The molecule has 0 atom stereocenters. The Balaban J connectivity index is 2.70. The molecule has 1 aromatic rings. The van der Waals surface area contributed by atoms with Crippen LogP contribution in [0.3, 0.4) is 0 Å². The summed E-state index contributed by atoms with van der Waals surface area (Å²) in [5.41, 5.74) is 1.59. The van der Waals surface area contributed by atoms with Gasteiger partial charge < -0.3 is 10.4 Å². The fraction of sp³-hybridized carbons (Fsp3) is 0.500. The fourth-order valence-electron chi connectivity index (χ4n) is 1.07. The van der Waals surface area contributed by atoms with Crippen molar-refractivity contribution in [2.75, 3.05) is 13.2 Å². The molecule has 0 bridgehead atoms. The molecule has 0 aliphatic heterocycles. The smallest absolute Gasteiger partial charge is 0.342 e. The Morgan fingerprint density at radius 2 is 2.38 bits per heavy atom. The van der Waals surface area contributed by atoms with Gasteiger partial charge in [-0.15, -0.1) is 0 Å². The van der Waals surface area contributed by atoms with Crippen LogP contribution in [0.2, 0.25) is 0 Å². The highest BCUT2D eigenvalue weighted by atomic mass is 16.3. The van der Waals surface area contributed by atoms with Gasteiger partial charge in [-0.05, 0) is 19.9 Å². The predicted molar refractivity (Wildman–Crippen MR) is 47.6 cm³/mol. The van der Waals surface area contributed by atoms with Crippen LogP contribution in [0.25, 0.3) is 0 Å². The molecule has 5 heteroatoms. The second-order valence-corrected chi connectivity index (χ2v) is 2.79. The van der Waals surface area contributed by atoms with Crippen LogP contribution in [0.1, 0.15) is 11.4 Å². The lowest BCUT2D eigenvalue weighted by molar-refractivity contribution is 0.232. The van der Waals surface area contributed by atoms with E-state index in [9.17, 15) is 4.79 Å². The second-order valence-electron chi connectivity index (χ2n) is 2.79. The first kappa shape index (κ1) is 9.73. The van der Waals surface area contributed by atoms with Crippen LogP contribution >= 0.6 is 0 Å². The van der Waals surface area contributed by atoms with Crippen molar-refractivity contribution in [3.8, 4) is 0 Å². The Labute approximate surface area is 76.4 Å². The highest BCUT2D eigenvalue weighted by Crippen LogP contribution is 2.00. The third-order valence-corrected chi connectivity index (χ3v) is 1.59. The van der Waals surface area contributed by atoms with E-state index in [1.54, 1.807) is 6.92 Å². The van der Waals surface area contributed by atoms with Crippen molar-refractivity contribution in [1.29, 1.82) is 0 Å².